The molecule has 0 aliphatic heterocycles. The Hall–Kier alpha value is -1.79. The maximum atomic E-state index is 11.7. The van der Waals surface area contributed by atoms with Gasteiger partial charge >= 0.3 is 5.97 Å². The Kier molecular flexibility index (Phi) is 4.81. The second-order valence-corrected chi connectivity index (χ2v) is 5.22. The molecule has 20 heavy (non-hydrogen) atoms. The molecule has 5 nitrogen and oxygen atoms in total. The number of aromatic nitrogens is 2. The van der Waals surface area contributed by atoms with Crippen LogP contribution >= 0.6 is 23.4 Å². The topological polar surface area (TPSA) is 78.1 Å². The maximum absolute atomic E-state index is 11.7. The Morgan fingerprint density at radius 2 is 2.10 bits per heavy atom. The average molecular weight is 310 g/mol. The van der Waals surface area contributed by atoms with Crippen molar-refractivity contribution in [3.05, 3.63) is 41.2 Å². The molecule has 0 unspecified atom stereocenters. The summed E-state index contributed by atoms with van der Waals surface area (Å²) in [4.78, 5) is 20.0. The Labute approximate surface area is 125 Å². The van der Waals surface area contributed by atoms with Gasteiger partial charge in [-0.3, -0.25) is 0 Å². The van der Waals surface area contributed by atoms with Crippen LogP contribution in [-0.2, 0) is 4.74 Å². The van der Waals surface area contributed by atoms with Crippen molar-refractivity contribution >= 4 is 35.0 Å². The smallest absolute Gasteiger partial charge is 0.340 e. The summed E-state index contributed by atoms with van der Waals surface area (Å²) in [7, 11) is 0. The number of halogens is 1. The summed E-state index contributed by atoms with van der Waals surface area (Å²) in [5.74, 6) is -0.460. The van der Waals surface area contributed by atoms with E-state index in [1.165, 1.54) is 18.0 Å². The highest BCUT2D eigenvalue weighted by atomic mass is 35.5. The minimum absolute atomic E-state index is 0.289. The Morgan fingerprint density at radius 1 is 1.35 bits per heavy atom. The first-order chi connectivity index (χ1) is 9.60. The average Bonchev–Trinajstić information content (AvgIpc) is 2.43. The molecule has 2 heterocycles. The molecular weight excluding hydrogens is 298 g/mol. The van der Waals surface area contributed by atoms with Gasteiger partial charge in [-0.15, -0.1) is 0 Å². The van der Waals surface area contributed by atoms with Gasteiger partial charge in [-0.2, -0.15) is 0 Å². The van der Waals surface area contributed by atoms with E-state index in [1.54, 1.807) is 31.3 Å². The predicted molar refractivity (Wildman–Crippen MR) is 78.0 cm³/mol. The summed E-state index contributed by atoms with van der Waals surface area (Å²) < 4.78 is 4.94. The van der Waals surface area contributed by atoms with Crippen molar-refractivity contribution in [3.63, 3.8) is 0 Å². The highest BCUT2D eigenvalue weighted by Gasteiger charge is 2.13. The summed E-state index contributed by atoms with van der Waals surface area (Å²) >= 11 is 7.08. The van der Waals surface area contributed by atoms with Crippen LogP contribution in [0.15, 0.2) is 40.6 Å². The molecule has 0 saturated heterocycles. The van der Waals surface area contributed by atoms with E-state index in [2.05, 4.69) is 9.97 Å². The normalized spacial score (nSPS) is 10.3. The van der Waals surface area contributed by atoms with Gasteiger partial charge in [-0.25, -0.2) is 14.8 Å². The summed E-state index contributed by atoms with van der Waals surface area (Å²) in [5, 5.41) is 1.89. The van der Waals surface area contributed by atoms with Gasteiger partial charge in [0.25, 0.3) is 0 Å². The molecule has 104 valence electrons. The first kappa shape index (κ1) is 14.6. The van der Waals surface area contributed by atoms with Crippen LogP contribution in [0.25, 0.3) is 0 Å². The molecule has 0 saturated carbocycles. The van der Waals surface area contributed by atoms with Crippen LogP contribution in [0, 0.1) is 0 Å². The molecule has 0 aliphatic carbocycles. The van der Waals surface area contributed by atoms with Gasteiger partial charge in [-0.1, -0.05) is 23.4 Å². The van der Waals surface area contributed by atoms with Gasteiger partial charge in [-0.05, 0) is 25.1 Å². The van der Waals surface area contributed by atoms with E-state index < -0.39 is 5.97 Å². The highest BCUT2D eigenvalue weighted by Crippen LogP contribution is 2.27. The number of carbonyl (C=O) groups excluding carboxylic acids is 1. The van der Waals surface area contributed by atoms with E-state index in [-0.39, 0.29) is 5.69 Å². The molecule has 2 N–H and O–H groups in total. The Balaban J connectivity index is 2.22. The van der Waals surface area contributed by atoms with E-state index in [9.17, 15) is 4.79 Å². The van der Waals surface area contributed by atoms with Crippen LogP contribution in [0.3, 0.4) is 0 Å². The lowest BCUT2D eigenvalue weighted by Crippen LogP contribution is -2.08. The molecule has 0 aliphatic rings. The van der Waals surface area contributed by atoms with Gasteiger partial charge in [0.05, 0.1) is 29.1 Å². The first-order valence-corrected chi connectivity index (χ1v) is 7.01. The van der Waals surface area contributed by atoms with Crippen molar-refractivity contribution in [2.24, 2.45) is 0 Å². The van der Waals surface area contributed by atoms with Gasteiger partial charge in [0.1, 0.15) is 10.1 Å². The summed E-state index contributed by atoms with van der Waals surface area (Å²) in [5.41, 5.74) is 6.32. The maximum Gasteiger partial charge on any atom is 0.340 e. The molecule has 7 heteroatoms. The number of nitrogen functional groups attached to an aromatic ring is 1. The largest absolute Gasteiger partial charge is 0.462 e. The number of rotatable bonds is 4. The standard InChI is InChI=1S/C13H12ClN3O2S/c1-2-19-13(18)9-5-12(17-7-10(9)15)20-11-4-3-8(14)6-16-11/h3-7H,2,15H2,1H3. The van der Waals surface area contributed by atoms with Gasteiger partial charge < -0.3 is 10.5 Å². The minimum Gasteiger partial charge on any atom is -0.462 e. The van der Waals surface area contributed by atoms with E-state index in [1.807, 2.05) is 0 Å². The lowest BCUT2D eigenvalue weighted by Gasteiger charge is -2.07. The Morgan fingerprint density at radius 3 is 2.75 bits per heavy atom. The lowest BCUT2D eigenvalue weighted by molar-refractivity contribution is 0.0527. The van der Waals surface area contributed by atoms with Crippen molar-refractivity contribution < 1.29 is 9.53 Å². The van der Waals surface area contributed by atoms with E-state index >= 15 is 0 Å². The van der Waals surface area contributed by atoms with E-state index in [0.29, 0.717) is 22.2 Å². The third kappa shape index (κ3) is 3.61. The van der Waals surface area contributed by atoms with Gasteiger partial charge in [0.2, 0.25) is 0 Å². The quantitative estimate of drug-likeness (QED) is 0.875. The minimum atomic E-state index is -0.460. The zero-order valence-corrected chi connectivity index (χ0v) is 12.2. The van der Waals surface area contributed by atoms with Crippen LogP contribution in [0.1, 0.15) is 17.3 Å². The number of esters is 1. The van der Waals surface area contributed by atoms with E-state index in [4.69, 9.17) is 22.1 Å². The van der Waals surface area contributed by atoms with Crippen molar-refractivity contribution in [2.45, 2.75) is 17.0 Å². The summed E-state index contributed by atoms with van der Waals surface area (Å²) in [6.07, 6.45) is 2.98. The fourth-order valence-corrected chi connectivity index (χ4v) is 2.27. The molecule has 0 fully saturated rings. The number of hydrogen-bond donors (Lipinski definition) is 1. The van der Waals surface area contributed by atoms with Crippen LogP contribution in [0.2, 0.25) is 5.02 Å². The zero-order valence-electron chi connectivity index (χ0n) is 10.7. The van der Waals surface area contributed by atoms with Crippen molar-refractivity contribution in [2.75, 3.05) is 12.3 Å². The SMILES string of the molecule is CCOC(=O)c1cc(Sc2ccc(Cl)cn2)ncc1N. The molecular formula is C13H12ClN3O2S. The van der Waals surface area contributed by atoms with Crippen LogP contribution in [0.5, 0.6) is 0 Å². The monoisotopic (exact) mass is 309 g/mol. The van der Waals surface area contributed by atoms with E-state index in [0.717, 1.165) is 5.03 Å². The molecule has 2 rings (SSSR count). The molecule has 2 aromatic rings. The van der Waals surface area contributed by atoms with Crippen LogP contribution < -0.4 is 5.73 Å². The predicted octanol–water partition coefficient (Wildman–Crippen LogP) is 3.04. The third-order valence-electron chi connectivity index (χ3n) is 2.31. The second-order valence-electron chi connectivity index (χ2n) is 3.75. The van der Waals surface area contributed by atoms with Crippen molar-refractivity contribution in [3.8, 4) is 0 Å². The Bertz CT molecular complexity index is 620. The van der Waals surface area contributed by atoms with Crippen LogP contribution in [0.4, 0.5) is 5.69 Å². The number of pyridine rings is 2. The van der Waals surface area contributed by atoms with Crippen molar-refractivity contribution in [1.82, 2.24) is 9.97 Å². The first-order valence-electron chi connectivity index (χ1n) is 5.82. The lowest BCUT2D eigenvalue weighted by atomic mass is 10.2. The summed E-state index contributed by atoms with van der Waals surface area (Å²) in [6, 6.07) is 5.10. The van der Waals surface area contributed by atoms with Gasteiger partial charge in [0.15, 0.2) is 0 Å². The number of ether oxygens (including phenoxy) is 1. The number of nitrogens with two attached hydrogens (primary N) is 1. The van der Waals surface area contributed by atoms with Crippen molar-refractivity contribution in [1.29, 1.82) is 0 Å². The summed E-state index contributed by atoms with van der Waals surface area (Å²) in [6.45, 7) is 2.03. The molecule has 2 aromatic heterocycles. The molecule has 0 aromatic carbocycles. The fourth-order valence-electron chi connectivity index (χ4n) is 1.42. The molecule has 0 amide bonds. The highest BCUT2D eigenvalue weighted by molar-refractivity contribution is 7.99. The number of hydrogen-bond acceptors (Lipinski definition) is 6. The molecule has 0 bridgehead atoms. The number of carbonyl (C=O) groups is 1. The second kappa shape index (κ2) is 6.58. The van der Waals surface area contributed by atoms with Crippen LogP contribution in [-0.4, -0.2) is 22.5 Å². The zero-order chi connectivity index (χ0) is 14.5. The number of anilines is 1. The third-order valence-corrected chi connectivity index (χ3v) is 3.42. The number of nitrogens with zero attached hydrogens (tertiary/aromatic N) is 2. The fraction of sp³-hybridized carbons (Fsp3) is 0.154. The molecule has 0 atom stereocenters. The molecule has 0 spiro atoms. The molecule has 0 radical (unpaired) electrons. The van der Waals surface area contributed by atoms with Gasteiger partial charge in [0, 0.05) is 6.20 Å².